The van der Waals surface area contributed by atoms with Crippen LogP contribution in [0.4, 0.5) is 10.5 Å². The van der Waals surface area contributed by atoms with Gasteiger partial charge < -0.3 is 20.5 Å². The van der Waals surface area contributed by atoms with Crippen molar-refractivity contribution in [1.29, 1.82) is 0 Å². The molecule has 6 nitrogen and oxygen atoms in total. The fourth-order valence-corrected chi connectivity index (χ4v) is 2.42. The number of aryl methyl sites for hydroxylation is 1. The zero-order valence-electron chi connectivity index (χ0n) is 14.9. The monoisotopic (exact) mass is 363 g/mol. The molecule has 0 saturated heterocycles. The van der Waals surface area contributed by atoms with Gasteiger partial charge in [0.15, 0.2) is 0 Å². The van der Waals surface area contributed by atoms with E-state index in [0.29, 0.717) is 17.0 Å². The number of hydrogen-bond donors (Lipinski definition) is 3. The molecule has 2 amide bonds. The van der Waals surface area contributed by atoms with Crippen LogP contribution in [-0.4, -0.2) is 22.7 Å². The highest BCUT2D eigenvalue weighted by Crippen LogP contribution is 2.23. The van der Waals surface area contributed by atoms with Crippen LogP contribution in [0.1, 0.15) is 17.2 Å². The van der Waals surface area contributed by atoms with E-state index in [1.807, 2.05) is 31.2 Å². The van der Waals surface area contributed by atoms with Crippen LogP contribution in [0.5, 0.6) is 11.5 Å². The number of nitrogens with zero attached hydrogens (tertiary/aromatic N) is 1. The topological polar surface area (TPSA) is 83.5 Å². The molecule has 0 aliphatic heterocycles. The molecule has 0 spiro atoms. The van der Waals surface area contributed by atoms with Gasteiger partial charge in [-0.1, -0.05) is 17.7 Å². The summed E-state index contributed by atoms with van der Waals surface area (Å²) in [5, 5.41) is 15.4. The number of anilines is 1. The smallest absolute Gasteiger partial charge is 0.319 e. The maximum Gasteiger partial charge on any atom is 0.319 e. The van der Waals surface area contributed by atoms with Gasteiger partial charge in [-0.05, 0) is 61.0 Å². The quantitative estimate of drug-likeness (QED) is 0.617. The van der Waals surface area contributed by atoms with Crippen LogP contribution in [0.15, 0.2) is 73.1 Å². The summed E-state index contributed by atoms with van der Waals surface area (Å²) in [6, 6.07) is 17.9. The summed E-state index contributed by atoms with van der Waals surface area (Å²) < 4.78 is 5.75. The number of benzene rings is 2. The molecule has 6 heteroatoms. The molecular formula is C21H21N3O3. The van der Waals surface area contributed by atoms with Crippen molar-refractivity contribution in [1.82, 2.24) is 10.3 Å². The first-order chi connectivity index (χ1) is 13.1. The molecule has 138 valence electrons. The number of urea groups is 1. The lowest BCUT2D eigenvalue weighted by atomic mass is 10.1. The second-order valence-electron chi connectivity index (χ2n) is 6.07. The third kappa shape index (κ3) is 5.55. The van der Waals surface area contributed by atoms with Gasteiger partial charge in [0.05, 0.1) is 6.10 Å². The minimum absolute atomic E-state index is 0.102. The van der Waals surface area contributed by atoms with Crippen molar-refractivity contribution in [2.24, 2.45) is 0 Å². The summed E-state index contributed by atoms with van der Waals surface area (Å²) >= 11 is 0. The van der Waals surface area contributed by atoms with E-state index in [4.69, 9.17) is 4.74 Å². The maximum atomic E-state index is 12.0. The molecule has 0 saturated carbocycles. The Labute approximate surface area is 157 Å². The highest BCUT2D eigenvalue weighted by atomic mass is 16.5. The second-order valence-corrected chi connectivity index (χ2v) is 6.07. The van der Waals surface area contributed by atoms with Crippen molar-refractivity contribution in [2.45, 2.75) is 13.0 Å². The van der Waals surface area contributed by atoms with E-state index < -0.39 is 12.1 Å². The lowest BCUT2D eigenvalue weighted by Gasteiger charge is -2.13. The molecule has 3 rings (SSSR count). The number of carbonyl (C=O) groups is 1. The standard InChI is InChI=1S/C21H21N3O3/c1-15-2-6-18(7-3-15)27-19-8-4-17(5-9-19)24-21(26)23-14-20(25)16-10-12-22-13-11-16/h2-13,20,25H,14H2,1H3,(H2,23,24,26). The molecule has 1 aromatic heterocycles. The number of amides is 2. The lowest BCUT2D eigenvalue weighted by molar-refractivity contribution is 0.175. The van der Waals surface area contributed by atoms with E-state index in [-0.39, 0.29) is 6.54 Å². The highest BCUT2D eigenvalue weighted by Gasteiger charge is 2.09. The molecule has 1 atom stereocenters. The Kier molecular flexibility index (Phi) is 6.02. The van der Waals surface area contributed by atoms with E-state index in [9.17, 15) is 9.90 Å². The van der Waals surface area contributed by atoms with Crippen molar-refractivity contribution in [3.8, 4) is 11.5 Å². The Morgan fingerprint density at radius 3 is 2.22 bits per heavy atom. The number of aromatic nitrogens is 1. The molecular weight excluding hydrogens is 342 g/mol. The summed E-state index contributed by atoms with van der Waals surface area (Å²) in [6.07, 6.45) is 2.40. The lowest BCUT2D eigenvalue weighted by Crippen LogP contribution is -2.32. The van der Waals surface area contributed by atoms with Gasteiger partial charge in [-0.15, -0.1) is 0 Å². The van der Waals surface area contributed by atoms with E-state index in [1.54, 1.807) is 48.8 Å². The highest BCUT2D eigenvalue weighted by molar-refractivity contribution is 5.89. The van der Waals surface area contributed by atoms with Crippen molar-refractivity contribution >= 4 is 11.7 Å². The fraction of sp³-hybridized carbons (Fsp3) is 0.143. The van der Waals surface area contributed by atoms with Crippen LogP contribution < -0.4 is 15.4 Å². The van der Waals surface area contributed by atoms with E-state index in [1.165, 1.54) is 5.56 Å². The Hall–Kier alpha value is -3.38. The summed E-state index contributed by atoms with van der Waals surface area (Å²) in [5.74, 6) is 1.43. The van der Waals surface area contributed by atoms with Gasteiger partial charge in [0.2, 0.25) is 0 Å². The number of pyridine rings is 1. The minimum atomic E-state index is -0.788. The molecule has 0 bridgehead atoms. The molecule has 27 heavy (non-hydrogen) atoms. The van der Waals surface area contributed by atoms with Crippen LogP contribution in [0.25, 0.3) is 0 Å². The van der Waals surface area contributed by atoms with Crippen molar-refractivity contribution in [2.75, 3.05) is 11.9 Å². The van der Waals surface area contributed by atoms with Crippen molar-refractivity contribution in [3.05, 3.63) is 84.2 Å². The maximum absolute atomic E-state index is 12.0. The van der Waals surface area contributed by atoms with Crippen LogP contribution in [0.2, 0.25) is 0 Å². The molecule has 0 aliphatic carbocycles. The third-order valence-corrected chi connectivity index (χ3v) is 3.92. The molecule has 0 radical (unpaired) electrons. The van der Waals surface area contributed by atoms with Crippen molar-refractivity contribution < 1.29 is 14.6 Å². The van der Waals surface area contributed by atoms with E-state index in [2.05, 4.69) is 15.6 Å². The summed E-state index contributed by atoms with van der Waals surface area (Å²) in [6.45, 7) is 2.12. The average molecular weight is 363 g/mol. The van der Waals surface area contributed by atoms with Gasteiger partial charge in [0.1, 0.15) is 11.5 Å². The van der Waals surface area contributed by atoms with Gasteiger partial charge in [-0.2, -0.15) is 0 Å². The Bertz CT molecular complexity index is 865. The second kappa shape index (κ2) is 8.82. The van der Waals surface area contributed by atoms with Crippen LogP contribution >= 0.6 is 0 Å². The molecule has 3 N–H and O–H groups in total. The number of aliphatic hydroxyl groups excluding tert-OH is 1. The fourth-order valence-electron chi connectivity index (χ4n) is 2.42. The number of aliphatic hydroxyl groups is 1. The zero-order valence-corrected chi connectivity index (χ0v) is 14.9. The number of carbonyl (C=O) groups excluding carboxylic acids is 1. The normalized spacial score (nSPS) is 11.5. The predicted molar refractivity (Wildman–Crippen MR) is 104 cm³/mol. The van der Waals surface area contributed by atoms with Crippen molar-refractivity contribution in [3.63, 3.8) is 0 Å². The summed E-state index contributed by atoms with van der Waals surface area (Å²) in [4.78, 5) is 15.9. The third-order valence-electron chi connectivity index (χ3n) is 3.92. The molecule has 3 aromatic rings. The summed E-state index contributed by atoms with van der Waals surface area (Å²) in [7, 11) is 0. The van der Waals surface area contributed by atoms with Crippen LogP contribution in [-0.2, 0) is 0 Å². The van der Waals surface area contributed by atoms with Gasteiger partial charge in [0.25, 0.3) is 0 Å². The Balaban J connectivity index is 1.48. The molecule has 1 heterocycles. The number of hydrogen-bond acceptors (Lipinski definition) is 4. The first kappa shape index (κ1) is 18.4. The molecule has 0 aliphatic rings. The average Bonchev–Trinajstić information content (AvgIpc) is 2.70. The minimum Gasteiger partial charge on any atom is -0.457 e. The SMILES string of the molecule is Cc1ccc(Oc2ccc(NC(=O)NCC(O)c3ccncc3)cc2)cc1. The van der Waals surface area contributed by atoms with Gasteiger partial charge in [-0.3, -0.25) is 4.98 Å². The van der Waals surface area contributed by atoms with Gasteiger partial charge in [-0.25, -0.2) is 4.79 Å². The van der Waals surface area contributed by atoms with Crippen LogP contribution in [0, 0.1) is 6.92 Å². The number of rotatable bonds is 6. The van der Waals surface area contributed by atoms with Gasteiger partial charge in [0, 0.05) is 24.6 Å². The number of ether oxygens (including phenoxy) is 1. The zero-order chi connectivity index (χ0) is 19.1. The summed E-state index contributed by atoms with van der Waals surface area (Å²) in [5.41, 5.74) is 2.49. The largest absolute Gasteiger partial charge is 0.457 e. The first-order valence-corrected chi connectivity index (χ1v) is 8.57. The molecule has 1 unspecified atom stereocenters. The van der Waals surface area contributed by atoms with Crippen LogP contribution in [0.3, 0.4) is 0 Å². The molecule has 2 aromatic carbocycles. The molecule has 0 fully saturated rings. The van der Waals surface area contributed by atoms with Gasteiger partial charge >= 0.3 is 6.03 Å². The van der Waals surface area contributed by atoms with E-state index in [0.717, 1.165) is 5.75 Å². The first-order valence-electron chi connectivity index (χ1n) is 8.57. The Morgan fingerprint density at radius 1 is 1.00 bits per heavy atom. The predicted octanol–water partition coefficient (Wildman–Crippen LogP) is 4.04. The Morgan fingerprint density at radius 2 is 1.59 bits per heavy atom. The number of nitrogens with one attached hydrogen (secondary N) is 2. The van der Waals surface area contributed by atoms with E-state index >= 15 is 0 Å².